The zero-order chi connectivity index (χ0) is 14.5. The van der Waals surface area contributed by atoms with Crippen molar-refractivity contribution < 1.29 is 9.18 Å². The minimum atomic E-state index is -0.395. The maximum Gasteiger partial charge on any atom is 0.147 e. The molecule has 0 aliphatic heterocycles. The van der Waals surface area contributed by atoms with Crippen molar-refractivity contribution in [1.82, 2.24) is 0 Å². The Kier molecular flexibility index (Phi) is 5.64. The molecule has 0 unspecified atom stereocenters. The highest BCUT2D eigenvalue weighted by atomic mass is 79.9. The molecule has 0 fully saturated rings. The summed E-state index contributed by atoms with van der Waals surface area (Å²) in [4.78, 5) is 12.9. The van der Waals surface area contributed by atoms with Crippen LogP contribution in [0.5, 0.6) is 0 Å². The molecule has 5 heteroatoms. The Morgan fingerprint density at radius 2 is 2.00 bits per heavy atom. The van der Waals surface area contributed by atoms with Crippen LogP contribution < -0.4 is 0 Å². The van der Waals surface area contributed by atoms with Crippen molar-refractivity contribution >= 4 is 45.1 Å². The average molecular weight is 374 g/mol. The van der Waals surface area contributed by atoms with Crippen LogP contribution in [0.25, 0.3) is 0 Å². The fourth-order valence-electron chi connectivity index (χ4n) is 1.66. The molecule has 0 atom stereocenters. The molecule has 104 valence electrons. The van der Waals surface area contributed by atoms with Crippen LogP contribution in [0.2, 0.25) is 5.02 Å². The van der Waals surface area contributed by atoms with Gasteiger partial charge in [0.2, 0.25) is 0 Å². The van der Waals surface area contributed by atoms with E-state index in [4.69, 9.17) is 11.6 Å². The van der Waals surface area contributed by atoms with Gasteiger partial charge in [0.25, 0.3) is 0 Å². The molecule has 2 aromatic rings. The second-order valence-corrected chi connectivity index (χ2v) is 6.48. The van der Waals surface area contributed by atoms with Crippen LogP contribution in [0.3, 0.4) is 0 Å². The van der Waals surface area contributed by atoms with Gasteiger partial charge in [0, 0.05) is 20.8 Å². The van der Waals surface area contributed by atoms with Gasteiger partial charge in [0.15, 0.2) is 0 Å². The van der Waals surface area contributed by atoms with Crippen molar-refractivity contribution in [3.8, 4) is 0 Å². The number of carbonyl (C=O) groups is 1. The number of benzene rings is 2. The molecule has 0 amide bonds. The zero-order valence-corrected chi connectivity index (χ0v) is 13.6. The fraction of sp³-hybridized carbons (Fsp3) is 0.133. The van der Waals surface area contributed by atoms with Crippen molar-refractivity contribution in [2.24, 2.45) is 0 Å². The summed E-state index contributed by atoms with van der Waals surface area (Å²) in [5, 5.41) is 0.438. The lowest BCUT2D eigenvalue weighted by atomic mass is 10.1. The van der Waals surface area contributed by atoms with Crippen LogP contribution in [0, 0.1) is 5.82 Å². The quantitative estimate of drug-likeness (QED) is 0.675. The highest BCUT2D eigenvalue weighted by Gasteiger charge is 2.10. The van der Waals surface area contributed by atoms with E-state index in [1.54, 1.807) is 0 Å². The van der Waals surface area contributed by atoms with Gasteiger partial charge in [-0.1, -0.05) is 23.7 Å². The van der Waals surface area contributed by atoms with Crippen molar-refractivity contribution in [2.45, 2.75) is 11.3 Å². The van der Waals surface area contributed by atoms with Crippen LogP contribution in [-0.4, -0.2) is 11.5 Å². The van der Waals surface area contributed by atoms with Gasteiger partial charge >= 0.3 is 0 Å². The van der Waals surface area contributed by atoms with E-state index in [-0.39, 0.29) is 12.2 Å². The number of Topliss-reactive ketones (excluding diaryl/α,β-unsaturated/α-hetero) is 1. The average Bonchev–Trinajstić information content (AvgIpc) is 2.42. The van der Waals surface area contributed by atoms with Gasteiger partial charge in [-0.15, -0.1) is 11.8 Å². The van der Waals surface area contributed by atoms with Gasteiger partial charge in [-0.2, -0.15) is 0 Å². The summed E-state index contributed by atoms with van der Waals surface area (Å²) in [5.74, 6) is -0.130. The molecule has 20 heavy (non-hydrogen) atoms. The summed E-state index contributed by atoms with van der Waals surface area (Å²) in [7, 11) is 0. The van der Waals surface area contributed by atoms with Gasteiger partial charge < -0.3 is 0 Å². The minimum Gasteiger partial charge on any atom is -0.298 e. The third kappa shape index (κ3) is 4.33. The Morgan fingerprint density at radius 1 is 1.25 bits per heavy atom. The number of halogens is 3. The number of carbonyl (C=O) groups excluding carboxylic acids is 1. The van der Waals surface area contributed by atoms with Crippen LogP contribution in [0.4, 0.5) is 4.39 Å². The molecule has 0 saturated heterocycles. The summed E-state index contributed by atoms with van der Waals surface area (Å²) in [6, 6.07) is 11.9. The number of ketones is 1. The molecule has 0 spiro atoms. The molecule has 0 saturated carbocycles. The first kappa shape index (κ1) is 15.5. The Morgan fingerprint density at radius 3 is 2.75 bits per heavy atom. The van der Waals surface area contributed by atoms with Gasteiger partial charge in [-0.3, -0.25) is 4.79 Å². The summed E-state index contributed by atoms with van der Waals surface area (Å²) < 4.78 is 14.5. The Labute approximate surface area is 134 Å². The normalized spacial score (nSPS) is 10.6. The van der Waals surface area contributed by atoms with E-state index in [9.17, 15) is 9.18 Å². The van der Waals surface area contributed by atoms with E-state index in [1.165, 1.54) is 30.0 Å². The van der Waals surface area contributed by atoms with Crippen molar-refractivity contribution in [2.75, 3.05) is 5.75 Å². The number of thioether (sulfide) groups is 1. The van der Waals surface area contributed by atoms with Crippen molar-refractivity contribution in [1.29, 1.82) is 0 Å². The minimum absolute atomic E-state index is 0.0353. The van der Waals surface area contributed by atoms with E-state index in [2.05, 4.69) is 15.9 Å². The lowest BCUT2D eigenvalue weighted by Gasteiger charge is -2.05. The van der Waals surface area contributed by atoms with E-state index in [1.807, 2.05) is 24.3 Å². The third-order valence-electron chi connectivity index (χ3n) is 2.62. The van der Waals surface area contributed by atoms with Gasteiger partial charge in [-0.25, -0.2) is 4.39 Å². The summed E-state index contributed by atoms with van der Waals surface area (Å²) in [5.41, 5.74) is 0.343. The van der Waals surface area contributed by atoms with Crippen molar-refractivity contribution in [3.05, 3.63) is 63.3 Å². The summed E-state index contributed by atoms with van der Waals surface area (Å²) in [6.07, 6.45) is 0.0594. The number of rotatable bonds is 5. The largest absolute Gasteiger partial charge is 0.298 e. The third-order valence-corrected chi connectivity index (χ3v) is 4.94. The molecular weight excluding hydrogens is 363 g/mol. The summed E-state index contributed by atoms with van der Waals surface area (Å²) in [6.45, 7) is 0. The molecule has 0 radical (unpaired) electrons. The second kappa shape index (κ2) is 7.25. The molecule has 0 aliphatic rings. The van der Waals surface area contributed by atoms with E-state index < -0.39 is 5.82 Å². The van der Waals surface area contributed by atoms with E-state index in [0.717, 1.165) is 9.37 Å². The topological polar surface area (TPSA) is 17.1 Å². The number of hydrogen-bond donors (Lipinski definition) is 0. The predicted molar refractivity (Wildman–Crippen MR) is 85.0 cm³/mol. The fourth-order valence-corrected chi connectivity index (χ4v) is 3.28. The van der Waals surface area contributed by atoms with Gasteiger partial charge in [-0.05, 0) is 51.8 Å². The van der Waals surface area contributed by atoms with Crippen LogP contribution in [0.15, 0.2) is 51.8 Å². The molecule has 0 bridgehead atoms. The van der Waals surface area contributed by atoms with Crippen LogP contribution in [0.1, 0.15) is 5.56 Å². The lowest BCUT2D eigenvalue weighted by Crippen LogP contribution is -2.07. The van der Waals surface area contributed by atoms with Crippen LogP contribution in [-0.2, 0) is 11.2 Å². The molecular formula is C15H11BrClFOS. The van der Waals surface area contributed by atoms with Gasteiger partial charge in [0.1, 0.15) is 11.6 Å². The first-order valence-electron chi connectivity index (χ1n) is 5.89. The lowest BCUT2D eigenvalue weighted by molar-refractivity contribution is -0.116. The van der Waals surface area contributed by atoms with Crippen molar-refractivity contribution in [3.63, 3.8) is 0 Å². The maximum absolute atomic E-state index is 13.5. The molecule has 0 aliphatic carbocycles. The molecule has 2 aromatic carbocycles. The Hall–Kier alpha value is -0.840. The molecule has 0 heterocycles. The monoisotopic (exact) mass is 372 g/mol. The molecule has 2 rings (SSSR count). The summed E-state index contributed by atoms with van der Waals surface area (Å²) >= 11 is 10.7. The first-order chi connectivity index (χ1) is 9.56. The van der Waals surface area contributed by atoms with E-state index >= 15 is 0 Å². The maximum atomic E-state index is 13.5. The van der Waals surface area contributed by atoms with Gasteiger partial charge in [0.05, 0.1) is 5.75 Å². The zero-order valence-electron chi connectivity index (χ0n) is 10.4. The molecule has 1 nitrogen and oxygen atoms in total. The standard InChI is InChI=1S/C15H11BrClFOS/c16-13-3-1-2-4-15(13)20-9-12(19)8-10-7-11(17)5-6-14(10)18/h1-7H,8-9H2. The molecule has 0 N–H and O–H groups in total. The Balaban J connectivity index is 1.96. The smallest absolute Gasteiger partial charge is 0.147 e. The predicted octanol–water partition coefficient (Wildman–Crippen LogP) is 5.15. The highest BCUT2D eigenvalue weighted by molar-refractivity contribution is 9.10. The number of hydrogen-bond acceptors (Lipinski definition) is 2. The first-order valence-corrected chi connectivity index (χ1v) is 8.05. The second-order valence-electron chi connectivity index (χ2n) is 4.17. The van der Waals surface area contributed by atoms with E-state index in [0.29, 0.717) is 16.3 Å². The molecule has 0 aromatic heterocycles. The highest BCUT2D eigenvalue weighted by Crippen LogP contribution is 2.27. The SMILES string of the molecule is O=C(CSc1ccccc1Br)Cc1cc(Cl)ccc1F. The van der Waals surface area contributed by atoms with Crippen LogP contribution >= 0.6 is 39.3 Å². The Bertz CT molecular complexity index is 633.